The van der Waals surface area contributed by atoms with Gasteiger partial charge in [-0.2, -0.15) is 54.0 Å². The second-order valence-corrected chi connectivity index (χ2v) is 17.0. The van der Waals surface area contributed by atoms with Gasteiger partial charge in [-0.15, -0.1) is 11.3 Å². The highest BCUT2D eigenvalue weighted by Crippen LogP contribution is 2.42. The number of likely N-dealkylation sites (tertiary alicyclic amines) is 1. The molecular weight excluding hydrogens is 859 g/mol. The van der Waals surface area contributed by atoms with Crippen molar-refractivity contribution < 1.29 is 28.7 Å². The predicted molar refractivity (Wildman–Crippen MR) is 256 cm³/mol. The zero-order valence-electron chi connectivity index (χ0n) is 35.2. The third-order valence-electron chi connectivity index (χ3n) is 11.4. The number of nitrogens with zero attached hydrogens (tertiary/aromatic N) is 5. The maximum atomic E-state index is 14.3. The Morgan fingerprint density at radius 3 is 2.57 bits per heavy atom. The standard InChI is InChI=1S/C42H53N7O6S.4H2S/c1-7-48-35-15-14-27-19-30(35)31(38(48)29-12-8-16-43-37(29)25(2)54-6)21-42(4,5)24-55-41(53)32-13-10-18-49(46-32)40(52)33(20-36-44-34(27)23-56-36)45-39(51)28-11-9-17-47(22-28)26(3)50;;;;/h8,12,14-16,19,23,25,28,32-33,46H,7,9-11,13,17-18,20-22,24H2,1-6H3,(H,45,51);4*1H2/t25-,28-,32-,33-;;;;/m0..../s1. The number of methoxy groups -OCH3 is 1. The Balaban J connectivity index is 0.00000240. The number of pyridine rings is 1. The van der Waals surface area contributed by atoms with Crippen LogP contribution in [-0.2, 0) is 48.0 Å². The Hall–Kier alpha value is -3.26. The van der Waals surface area contributed by atoms with Crippen molar-refractivity contribution in [1.29, 1.82) is 0 Å². The number of thiazole rings is 1. The number of rotatable bonds is 6. The van der Waals surface area contributed by atoms with Gasteiger partial charge in [-0.05, 0) is 75.8 Å². The molecule has 7 rings (SSSR count). The number of hydrazine groups is 1. The number of benzene rings is 1. The largest absolute Gasteiger partial charge is 0.464 e. The number of nitrogens with one attached hydrogen (secondary N) is 2. The molecule has 3 aliphatic heterocycles. The number of aromatic nitrogens is 3. The molecule has 2 saturated heterocycles. The second-order valence-electron chi connectivity index (χ2n) is 16.1. The number of cyclic esters (lactones) is 1. The molecule has 6 heterocycles. The van der Waals surface area contributed by atoms with Crippen LogP contribution in [-0.4, -0.2) is 93.6 Å². The van der Waals surface area contributed by atoms with Gasteiger partial charge in [-0.1, -0.05) is 19.9 Å². The molecule has 60 heavy (non-hydrogen) atoms. The van der Waals surface area contributed by atoms with Crippen LogP contribution in [0.3, 0.4) is 0 Å². The molecule has 13 nitrogen and oxygen atoms in total. The molecule has 2 N–H and O–H groups in total. The molecule has 2 fully saturated rings. The van der Waals surface area contributed by atoms with Crippen LogP contribution in [0.5, 0.6) is 0 Å². The third-order valence-corrected chi connectivity index (χ3v) is 12.3. The third kappa shape index (κ3) is 10.8. The maximum absolute atomic E-state index is 14.3. The fraction of sp³-hybridized carbons (Fsp3) is 0.524. The molecule has 4 aromatic rings. The minimum atomic E-state index is -0.937. The molecule has 330 valence electrons. The van der Waals surface area contributed by atoms with Crippen LogP contribution in [0.15, 0.2) is 41.9 Å². The lowest BCUT2D eigenvalue weighted by Crippen LogP contribution is -2.61. The van der Waals surface area contributed by atoms with Crippen LogP contribution >= 0.6 is 65.3 Å². The van der Waals surface area contributed by atoms with Crippen molar-refractivity contribution >= 4 is 99.9 Å². The zero-order chi connectivity index (χ0) is 39.7. The van der Waals surface area contributed by atoms with E-state index in [1.54, 1.807) is 18.2 Å². The first-order valence-corrected chi connectivity index (χ1v) is 20.6. The van der Waals surface area contributed by atoms with Gasteiger partial charge in [0.1, 0.15) is 12.1 Å². The van der Waals surface area contributed by atoms with E-state index >= 15 is 0 Å². The normalized spacial score (nSPS) is 20.9. The number of aryl methyl sites for hydroxylation is 1. The van der Waals surface area contributed by atoms with Gasteiger partial charge in [0, 0.05) is 85.7 Å². The quantitative estimate of drug-likeness (QED) is 0.225. The number of ether oxygens (including phenoxy) is 2. The van der Waals surface area contributed by atoms with Crippen LogP contribution in [0, 0.1) is 11.3 Å². The number of hydrogen-bond donors (Lipinski definition) is 2. The molecule has 0 aliphatic carbocycles. The predicted octanol–water partition coefficient (Wildman–Crippen LogP) is 5.91. The highest BCUT2D eigenvalue weighted by Gasteiger charge is 2.37. The van der Waals surface area contributed by atoms with Gasteiger partial charge in [-0.25, -0.2) is 10.4 Å². The number of hydrogen-bond acceptors (Lipinski definition) is 10. The smallest absolute Gasteiger partial charge is 0.324 e. The first-order chi connectivity index (χ1) is 26.9. The summed E-state index contributed by atoms with van der Waals surface area (Å²) in [5.41, 5.74) is 9.48. The number of fused-ring (bicyclic) bond motifs is 6. The summed E-state index contributed by atoms with van der Waals surface area (Å²) in [4.78, 5) is 65.4. The summed E-state index contributed by atoms with van der Waals surface area (Å²) in [5.74, 6) is -1.53. The van der Waals surface area contributed by atoms with E-state index in [2.05, 4.69) is 60.3 Å². The monoisotopic (exact) mass is 919 g/mol. The Kier molecular flexibility index (Phi) is 18.5. The molecule has 0 saturated carbocycles. The molecule has 3 aromatic heterocycles. The highest BCUT2D eigenvalue weighted by atomic mass is 32.1. The van der Waals surface area contributed by atoms with Crippen LogP contribution in [0.1, 0.15) is 82.7 Å². The average molecular weight is 920 g/mol. The van der Waals surface area contributed by atoms with Crippen molar-refractivity contribution in [1.82, 2.24) is 35.2 Å². The number of amides is 3. The van der Waals surface area contributed by atoms with E-state index in [-0.39, 0.29) is 90.8 Å². The van der Waals surface area contributed by atoms with Crippen molar-refractivity contribution in [2.45, 2.75) is 97.9 Å². The lowest BCUT2D eigenvalue weighted by atomic mass is 9.84. The maximum Gasteiger partial charge on any atom is 0.324 e. The first kappa shape index (κ1) is 51.1. The van der Waals surface area contributed by atoms with Crippen LogP contribution in [0.2, 0.25) is 0 Å². The first-order valence-electron chi connectivity index (χ1n) is 19.8. The minimum Gasteiger partial charge on any atom is -0.464 e. The summed E-state index contributed by atoms with van der Waals surface area (Å²) < 4.78 is 14.2. The molecule has 6 bridgehead atoms. The summed E-state index contributed by atoms with van der Waals surface area (Å²) >= 11 is 1.45. The van der Waals surface area contributed by atoms with Gasteiger partial charge in [0.25, 0.3) is 5.91 Å². The Morgan fingerprint density at radius 2 is 1.85 bits per heavy atom. The summed E-state index contributed by atoms with van der Waals surface area (Å²) in [6, 6.07) is 8.82. The van der Waals surface area contributed by atoms with Crippen molar-refractivity contribution in [3.63, 3.8) is 0 Å². The number of esters is 1. The lowest BCUT2D eigenvalue weighted by molar-refractivity contribution is -0.155. The van der Waals surface area contributed by atoms with Crippen molar-refractivity contribution in [2.75, 3.05) is 33.4 Å². The average Bonchev–Trinajstić information content (AvgIpc) is 3.80. The summed E-state index contributed by atoms with van der Waals surface area (Å²) in [6.07, 6.45) is 4.78. The van der Waals surface area contributed by atoms with Gasteiger partial charge >= 0.3 is 5.97 Å². The Labute approximate surface area is 384 Å². The van der Waals surface area contributed by atoms with E-state index in [1.165, 1.54) is 23.3 Å². The molecule has 3 aliphatic rings. The van der Waals surface area contributed by atoms with Crippen LogP contribution < -0.4 is 10.7 Å². The van der Waals surface area contributed by atoms with E-state index in [0.29, 0.717) is 56.7 Å². The molecule has 1 aromatic carbocycles. The van der Waals surface area contributed by atoms with E-state index < -0.39 is 29.4 Å². The van der Waals surface area contributed by atoms with E-state index in [1.807, 2.05) is 18.4 Å². The lowest BCUT2D eigenvalue weighted by Gasteiger charge is -2.36. The Bertz CT molecular complexity index is 2140. The minimum absolute atomic E-state index is 0. The van der Waals surface area contributed by atoms with E-state index in [9.17, 15) is 19.2 Å². The SMILES string of the molecule is CCn1c(-c2cccnc2[C@H](C)OC)c2c3cc(ccc31)-c1csc(n1)C[C@H](NC(=O)[C@H]1CCCN(C(C)=O)C1)C(=O)N1CCC[C@H](N1)C(=O)OCC(C)(C)C2.S.S.S.S. The van der Waals surface area contributed by atoms with Gasteiger partial charge in [-0.3, -0.25) is 29.2 Å². The highest BCUT2D eigenvalue weighted by molar-refractivity contribution is 7.59. The molecule has 0 spiro atoms. The van der Waals surface area contributed by atoms with Gasteiger partial charge in [0.2, 0.25) is 11.8 Å². The zero-order valence-corrected chi connectivity index (χ0v) is 40.0. The van der Waals surface area contributed by atoms with Crippen LogP contribution in [0.4, 0.5) is 0 Å². The molecule has 3 amide bonds. The summed E-state index contributed by atoms with van der Waals surface area (Å²) in [7, 11) is 1.69. The number of carbonyl (C=O) groups excluding carboxylic acids is 4. The fourth-order valence-electron chi connectivity index (χ4n) is 8.33. The van der Waals surface area contributed by atoms with Gasteiger partial charge < -0.3 is 24.3 Å². The molecular formula is C42H61N7O6S5. The van der Waals surface area contributed by atoms with Gasteiger partial charge in [0.05, 0.1) is 40.7 Å². The second kappa shape index (κ2) is 21.7. The summed E-state index contributed by atoms with van der Waals surface area (Å²) in [6.45, 7) is 12.1. The van der Waals surface area contributed by atoms with Crippen molar-refractivity contribution in [3.05, 3.63) is 58.2 Å². The molecule has 4 atom stereocenters. The van der Waals surface area contributed by atoms with Gasteiger partial charge in [0.15, 0.2) is 0 Å². The molecule has 0 radical (unpaired) electrons. The number of piperidine rings is 1. The van der Waals surface area contributed by atoms with Crippen molar-refractivity contribution in [2.24, 2.45) is 11.3 Å². The fourth-order valence-corrected chi connectivity index (χ4v) is 9.18. The number of carbonyl (C=O) groups is 4. The molecule has 18 heteroatoms. The Morgan fingerprint density at radius 1 is 1.10 bits per heavy atom. The van der Waals surface area contributed by atoms with E-state index in [4.69, 9.17) is 19.4 Å². The molecule has 0 unspecified atom stereocenters. The van der Waals surface area contributed by atoms with Crippen molar-refractivity contribution in [3.8, 4) is 22.5 Å². The van der Waals surface area contributed by atoms with Crippen LogP contribution in [0.25, 0.3) is 33.4 Å². The topological polar surface area (TPSA) is 148 Å². The van der Waals surface area contributed by atoms with E-state index in [0.717, 1.165) is 51.2 Å². The summed E-state index contributed by atoms with van der Waals surface area (Å²) in [5, 5.41) is 8.27.